The van der Waals surface area contributed by atoms with Crippen LogP contribution in [0, 0.1) is 0 Å². The van der Waals surface area contributed by atoms with Gasteiger partial charge in [0.2, 0.25) is 16.8 Å². The van der Waals surface area contributed by atoms with Gasteiger partial charge >= 0.3 is 0 Å². The zero-order valence-electron chi connectivity index (χ0n) is 12.7. The molecule has 0 saturated carbocycles. The van der Waals surface area contributed by atoms with Crippen LogP contribution in [0.5, 0.6) is 11.5 Å². The van der Waals surface area contributed by atoms with Crippen LogP contribution in [0.3, 0.4) is 0 Å². The summed E-state index contributed by atoms with van der Waals surface area (Å²) in [5.74, 6) is 1.30. The summed E-state index contributed by atoms with van der Waals surface area (Å²) in [5.41, 5.74) is 1.80. The Balaban J connectivity index is 1.66. The minimum Gasteiger partial charge on any atom is -0.454 e. The highest BCUT2D eigenvalue weighted by molar-refractivity contribution is 7.89. The molecule has 0 spiro atoms. The molecule has 124 valence electrons. The third-order valence-electron chi connectivity index (χ3n) is 3.78. The quantitative estimate of drug-likeness (QED) is 0.707. The van der Waals surface area contributed by atoms with Crippen molar-refractivity contribution >= 4 is 32.8 Å². The van der Waals surface area contributed by atoms with Gasteiger partial charge in [-0.25, -0.2) is 8.42 Å². The first-order valence-corrected chi connectivity index (χ1v) is 9.29. The number of sulfonamides is 1. The highest BCUT2D eigenvalue weighted by Crippen LogP contribution is 2.33. The first kappa shape index (κ1) is 15.3. The van der Waals surface area contributed by atoms with E-state index < -0.39 is 10.0 Å². The van der Waals surface area contributed by atoms with Crippen LogP contribution in [0.15, 0.2) is 41.3 Å². The van der Waals surface area contributed by atoms with Crippen LogP contribution in [-0.4, -0.2) is 35.3 Å². The largest absolute Gasteiger partial charge is 0.454 e. The molecular weight excluding hydrogens is 350 g/mol. The smallest absolute Gasteiger partial charge is 0.245 e. The van der Waals surface area contributed by atoms with Crippen LogP contribution in [0.4, 0.5) is 0 Å². The number of nitrogens with zero attached hydrogens (tertiary/aromatic N) is 3. The van der Waals surface area contributed by atoms with Crippen molar-refractivity contribution in [3.05, 3.63) is 42.0 Å². The van der Waals surface area contributed by atoms with Crippen LogP contribution in [-0.2, 0) is 16.6 Å². The summed E-state index contributed by atoms with van der Waals surface area (Å²) < 4.78 is 45.9. The lowest BCUT2D eigenvalue weighted by molar-refractivity contribution is 0.174. The molecule has 1 aliphatic rings. The van der Waals surface area contributed by atoms with E-state index in [1.54, 1.807) is 37.4 Å². The Morgan fingerprint density at radius 2 is 2.00 bits per heavy atom. The minimum atomic E-state index is -3.68. The molecular formula is C15H13N3O4S2. The molecule has 0 fully saturated rings. The van der Waals surface area contributed by atoms with Crippen LogP contribution in [0.1, 0.15) is 5.56 Å². The third-order valence-corrected chi connectivity index (χ3v) is 6.16. The van der Waals surface area contributed by atoms with Gasteiger partial charge < -0.3 is 9.47 Å². The molecule has 0 saturated heterocycles. The van der Waals surface area contributed by atoms with Crippen molar-refractivity contribution < 1.29 is 17.9 Å². The molecule has 3 aromatic rings. The second kappa shape index (κ2) is 5.69. The Labute approximate surface area is 142 Å². The van der Waals surface area contributed by atoms with E-state index in [9.17, 15) is 8.42 Å². The molecule has 1 aliphatic heterocycles. The van der Waals surface area contributed by atoms with Gasteiger partial charge in [-0.2, -0.15) is 13.1 Å². The van der Waals surface area contributed by atoms with Crippen LogP contribution in [0.25, 0.3) is 11.0 Å². The van der Waals surface area contributed by atoms with Crippen molar-refractivity contribution in [1.82, 2.24) is 13.1 Å². The monoisotopic (exact) mass is 363 g/mol. The lowest BCUT2D eigenvalue weighted by atomic mass is 10.2. The average Bonchev–Trinajstić information content (AvgIpc) is 3.22. The molecule has 7 nitrogen and oxygen atoms in total. The minimum absolute atomic E-state index is 0.164. The lowest BCUT2D eigenvalue weighted by Crippen LogP contribution is -2.26. The summed E-state index contributed by atoms with van der Waals surface area (Å²) in [5, 5.41) is 0. The van der Waals surface area contributed by atoms with Gasteiger partial charge in [-0.15, -0.1) is 0 Å². The van der Waals surface area contributed by atoms with Crippen LogP contribution in [0.2, 0.25) is 0 Å². The van der Waals surface area contributed by atoms with Gasteiger partial charge in [-0.1, -0.05) is 12.1 Å². The fraction of sp³-hybridized carbons (Fsp3) is 0.200. The molecule has 0 atom stereocenters. The molecule has 2 heterocycles. The molecule has 24 heavy (non-hydrogen) atoms. The number of fused-ring (bicyclic) bond motifs is 2. The van der Waals surface area contributed by atoms with Gasteiger partial charge in [0.15, 0.2) is 11.5 Å². The normalized spacial score (nSPS) is 13.8. The van der Waals surface area contributed by atoms with Crippen LogP contribution >= 0.6 is 11.7 Å². The fourth-order valence-corrected chi connectivity index (χ4v) is 4.45. The highest BCUT2D eigenvalue weighted by atomic mass is 32.2. The lowest BCUT2D eigenvalue weighted by Gasteiger charge is -2.17. The Kier molecular flexibility index (Phi) is 3.63. The van der Waals surface area contributed by atoms with E-state index in [4.69, 9.17) is 9.47 Å². The SMILES string of the molecule is CN(Cc1ccc2c(c1)OCO2)S(=O)(=O)c1cccc2nsnc12. The van der Waals surface area contributed by atoms with Crippen molar-refractivity contribution in [2.24, 2.45) is 0 Å². The van der Waals surface area contributed by atoms with Gasteiger partial charge in [0.1, 0.15) is 15.9 Å². The summed E-state index contributed by atoms with van der Waals surface area (Å²) >= 11 is 0.999. The summed E-state index contributed by atoms with van der Waals surface area (Å²) in [6.45, 7) is 0.401. The van der Waals surface area contributed by atoms with E-state index in [2.05, 4.69) is 8.75 Å². The second-order valence-electron chi connectivity index (χ2n) is 5.34. The first-order valence-electron chi connectivity index (χ1n) is 7.12. The van der Waals surface area contributed by atoms with E-state index in [-0.39, 0.29) is 18.2 Å². The van der Waals surface area contributed by atoms with Gasteiger partial charge in [-0.3, -0.25) is 0 Å². The number of rotatable bonds is 4. The molecule has 9 heteroatoms. The molecule has 4 rings (SSSR count). The van der Waals surface area contributed by atoms with Crippen molar-refractivity contribution in [1.29, 1.82) is 0 Å². The number of ether oxygens (including phenoxy) is 2. The molecule has 0 aliphatic carbocycles. The molecule has 0 radical (unpaired) electrons. The zero-order chi connectivity index (χ0) is 16.7. The Morgan fingerprint density at radius 1 is 1.17 bits per heavy atom. The van der Waals surface area contributed by atoms with Gasteiger partial charge in [0.25, 0.3) is 0 Å². The van der Waals surface area contributed by atoms with Crippen LogP contribution < -0.4 is 9.47 Å². The molecule has 2 aromatic carbocycles. The average molecular weight is 363 g/mol. The van der Waals surface area contributed by atoms with Crippen molar-refractivity contribution in [2.75, 3.05) is 13.8 Å². The molecule has 0 unspecified atom stereocenters. The Morgan fingerprint density at radius 3 is 2.88 bits per heavy atom. The number of aromatic nitrogens is 2. The summed E-state index contributed by atoms with van der Waals surface area (Å²) in [7, 11) is -2.14. The summed E-state index contributed by atoms with van der Waals surface area (Å²) in [6, 6.07) is 10.4. The summed E-state index contributed by atoms with van der Waals surface area (Å²) in [4.78, 5) is 0.164. The number of hydrogen-bond acceptors (Lipinski definition) is 7. The van der Waals surface area contributed by atoms with E-state index >= 15 is 0 Å². The topological polar surface area (TPSA) is 81.6 Å². The number of hydrogen-bond donors (Lipinski definition) is 0. The van der Waals surface area contributed by atoms with Gasteiger partial charge in [-0.05, 0) is 29.8 Å². The maximum absolute atomic E-state index is 12.9. The zero-order valence-corrected chi connectivity index (χ0v) is 14.3. The third kappa shape index (κ3) is 2.50. The van der Waals surface area contributed by atoms with Gasteiger partial charge in [0, 0.05) is 13.6 Å². The maximum Gasteiger partial charge on any atom is 0.245 e. The molecule has 0 bridgehead atoms. The molecule has 1 aromatic heterocycles. The first-order chi connectivity index (χ1) is 11.6. The van der Waals surface area contributed by atoms with Gasteiger partial charge in [0.05, 0.1) is 11.7 Å². The van der Waals surface area contributed by atoms with Crippen molar-refractivity contribution in [3.63, 3.8) is 0 Å². The van der Waals surface area contributed by atoms with Crippen molar-refractivity contribution in [3.8, 4) is 11.5 Å². The fourth-order valence-electron chi connectivity index (χ4n) is 2.54. The standard InChI is InChI=1S/C15H13N3O4S2/c1-18(8-10-5-6-12-13(7-10)22-9-21-12)24(19,20)14-4-2-3-11-15(14)17-23-16-11/h2-7H,8-9H2,1H3. The van der Waals surface area contributed by atoms with E-state index in [1.165, 1.54) is 4.31 Å². The predicted molar refractivity (Wildman–Crippen MR) is 88.6 cm³/mol. The maximum atomic E-state index is 12.9. The predicted octanol–water partition coefficient (Wildman–Crippen LogP) is 2.24. The Bertz CT molecular complexity index is 1020. The van der Waals surface area contributed by atoms with E-state index in [0.717, 1.165) is 17.3 Å². The molecule has 0 amide bonds. The van der Waals surface area contributed by atoms with Crippen molar-refractivity contribution in [2.45, 2.75) is 11.4 Å². The summed E-state index contributed by atoms with van der Waals surface area (Å²) in [6.07, 6.45) is 0. The highest BCUT2D eigenvalue weighted by Gasteiger charge is 2.25. The molecule has 0 N–H and O–H groups in total. The Hall–Kier alpha value is -2.23. The van der Waals surface area contributed by atoms with E-state index in [0.29, 0.717) is 22.5 Å². The van der Waals surface area contributed by atoms with E-state index in [1.807, 2.05) is 6.07 Å². The number of benzene rings is 2. The second-order valence-corrected chi connectivity index (χ2v) is 7.88.